The summed E-state index contributed by atoms with van der Waals surface area (Å²) in [6.07, 6.45) is 9.04. The molecule has 1 aliphatic carbocycles. The maximum atomic E-state index is 12.6. The number of aromatic nitrogens is 4. The number of rotatable bonds is 4. The van der Waals surface area contributed by atoms with Gasteiger partial charge in [0.05, 0.1) is 23.8 Å². The summed E-state index contributed by atoms with van der Waals surface area (Å²) in [5.74, 6) is 0.0332. The number of anilines is 1. The van der Waals surface area contributed by atoms with Gasteiger partial charge in [0, 0.05) is 25.7 Å². The van der Waals surface area contributed by atoms with Gasteiger partial charge in [0.15, 0.2) is 0 Å². The highest BCUT2D eigenvalue weighted by atomic mass is 16.2. The van der Waals surface area contributed by atoms with Gasteiger partial charge in [-0.15, -0.1) is 0 Å². The maximum Gasteiger partial charge on any atom is 0.277 e. The Morgan fingerprint density at radius 1 is 1.39 bits per heavy atom. The number of amides is 1. The molecule has 0 radical (unpaired) electrons. The van der Waals surface area contributed by atoms with Gasteiger partial charge >= 0.3 is 0 Å². The number of nitrogens with one attached hydrogen (secondary N) is 1. The van der Waals surface area contributed by atoms with Gasteiger partial charge in [0.2, 0.25) is 0 Å². The second-order valence-electron chi connectivity index (χ2n) is 5.94. The summed E-state index contributed by atoms with van der Waals surface area (Å²) in [5, 5.41) is 7.16. The van der Waals surface area contributed by atoms with E-state index in [1.807, 2.05) is 14.0 Å². The minimum absolute atomic E-state index is 0.195. The molecule has 2 aromatic heterocycles. The van der Waals surface area contributed by atoms with Crippen LogP contribution in [0.15, 0.2) is 23.5 Å². The molecule has 1 aliphatic rings. The van der Waals surface area contributed by atoms with Crippen molar-refractivity contribution in [3.8, 4) is 0 Å². The normalized spacial score (nSPS) is 15.0. The smallest absolute Gasteiger partial charge is 0.277 e. The average Bonchev–Trinajstić information content (AvgIpc) is 3.18. The van der Waals surface area contributed by atoms with Crippen LogP contribution in [0.25, 0.3) is 0 Å². The molecule has 0 saturated heterocycles. The number of hydrogen-bond acceptors (Lipinski definition) is 4. The Kier molecular flexibility index (Phi) is 4.27. The second-order valence-corrected chi connectivity index (χ2v) is 5.94. The molecule has 1 N–H and O–H groups in total. The first-order chi connectivity index (χ1) is 11.1. The van der Waals surface area contributed by atoms with E-state index in [1.165, 1.54) is 29.9 Å². The van der Waals surface area contributed by atoms with Crippen LogP contribution in [-0.2, 0) is 13.6 Å². The van der Waals surface area contributed by atoms with E-state index in [0.717, 1.165) is 18.5 Å². The lowest BCUT2D eigenvalue weighted by Gasteiger charge is -2.09. The molecule has 23 heavy (non-hydrogen) atoms. The number of carbonyl (C=O) groups is 1. The third kappa shape index (κ3) is 3.04. The van der Waals surface area contributed by atoms with Crippen molar-refractivity contribution in [3.63, 3.8) is 0 Å². The van der Waals surface area contributed by atoms with Crippen molar-refractivity contribution in [2.75, 3.05) is 5.32 Å². The summed E-state index contributed by atoms with van der Waals surface area (Å²) in [6.45, 7) is 2.36. The fourth-order valence-electron chi connectivity index (χ4n) is 3.13. The predicted octanol–water partition coefficient (Wildman–Crippen LogP) is 1.91. The fraction of sp³-hybridized carbons (Fsp3) is 0.500. The summed E-state index contributed by atoms with van der Waals surface area (Å²) in [4.78, 5) is 28.8. The van der Waals surface area contributed by atoms with Crippen molar-refractivity contribution in [1.82, 2.24) is 19.3 Å². The van der Waals surface area contributed by atoms with Gasteiger partial charge in [-0.1, -0.05) is 12.8 Å². The molecule has 0 spiro atoms. The van der Waals surface area contributed by atoms with Crippen LogP contribution < -0.4 is 10.9 Å². The standard InChI is InChI=1S/C16H21N5O2/c1-3-21-10-17-8-13(16(21)23)18-15(22)12-9-20(2)19-14(12)11-6-4-5-7-11/h8-11H,3-7H2,1-2H3,(H,18,22). The van der Waals surface area contributed by atoms with E-state index in [9.17, 15) is 9.59 Å². The highest BCUT2D eigenvalue weighted by molar-refractivity contribution is 6.04. The number of carbonyl (C=O) groups excluding carboxylic acids is 1. The van der Waals surface area contributed by atoms with Crippen molar-refractivity contribution >= 4 is 11.6 Å². The SMILES string of the molecule is CCn1cncc(NC(=O)c2cn(C)nc2C2CCCC2)c1=O. The van der Waals surface area contributed by atoms with E-state index in [-0.39, 0.29) is 17.2 Å². The largest absolute Gasteiger partial charge is 0.316 e. The third-order valence-electron chi connectivity index (χ3n) is 4.33. The van der Waals surface area contributed by atoms with Gasteiger partial charge in [-0.25, -0.2) is 4.98 Å². The van der Waals surface area contributed by atoms with E-state index >= 15 is 0 Å². The minimum Gasteiger partial charge on any atom is -0.316 e. The lowest BCUT2D eigenvalue weighted by molar-refractivity contribution is 0.102. The first-order valence-corrected chi connectivity index (χ1v) is 7.99. The Balaban J connectivity index is 1.88. The zero-order chi connectivity index (χ0) is 16.4. The molecule has 1 saturated carbocycles. The molecule has 1 fully saturated rings. The van der Waals surface area contributed by atoms with Crippen molar-refractivity contribution in [2.24, 2.45) is 7.05 Å². The Hall–Kier alpha value is -2.44. The lowest BCUT2D eigenvalue weighted by atomic mass is 10.00. The zero-order valence-corrected chi connectivity index (χ0v) is 13.5. The molecular formula is C16H21N5O2. The van der Waals surface area contributed by atoms with Crippen molar-refractivity contribution < 1.29 is 4.79 Å². The van der Waals surface area contributed by atoms with Crippen LogP contribution >= 0.6 is 0 Å². The first kappa shape index (κ1) is 15.5. The molecule has 0 bridgehead atoms. The molecule has 0 atom stereocenters. The summed E-state index contributed by atoms with van der Waals surface area (Å²) >= 11 is 0. The molecule has 2 heterocycles. The van der Waals surface area contributed by atoms with Gasteiger partial charge in [0.25, 0.3) is 11.5 Å². The van der Waals surface area contributed by atoms with Crippen LogP contribution in [0.2, 0.25) is 0 Å². The third-order valence-corrected chi connectivity index (χ3v) is 4.33. The van der Waals surface area contributed by atoms with Gasteiger partial charge in [-0.3, -0.25) is 18.8 Å². The van der Waals surface area contributed by atoms with Gasteiger partial charge in [-0.2, -0.15) is 5.10 Å². The van der Waals surface area contributed by atoms with Crippen LogP contribution in [0.1, 0.15) is 54.6 Å². The van der Waals surface area contributed by atoms with Crippen LogP contribution in [0.4, 0.5) is 5.69 Å². The van der Waals surface area contributed by atoms with Crippen LogP contribution in [0.3, 0.4) is 0 Å². The summed E-state index contributed by atoms with van der Waals surface area (Å²) < 4.78 is 3.12. The number of hydrogen-bond donors (Lipinski definition) is 1. The summed E-state index contributed by atoms with van der Waals surface area (Å²) in [6, 6.07) is 0. The quantitative estimate of drug-likeness (QED) is 0.934. The maximum absolute atomic E-state index is 12.6. The molecule has 1 amide bonds. The fourth-order valence-corrected chi connectivity index (χ4v) is 3.13. The van der Waals surface area contributed by atoms with Crippen molar-refractivity contribution in [1.29, 1.82) is 0 Å². The Morgan fingerprint density at radius 3 is 2.83 bits per heavy atom. The second kappa shape index (κ2) is 6.36. The first-order valence-electron chi connectivity index (χ1n) is 7.99. The molecule has 0 aliphatic heterocycles. The number of aryl methyl sites for hydroxylation is 2. The summed E-state index contributed by atoms with van der Waals surface area (Å²) in [5.41, 5.74) is 1.33. The molecule has 2 aromatic rings. The highest BCUT2D eigenvalue weighted by Gasteiger charge is 2.26. The average molecular weight is 315 g/mol. The highest BCUT2D eigenvalue weighted by Crippen LogP contribution is 2.34. The van der Waals surface area contributed by atoms with Gasteiger partial charge < -0.3 is 5.32 Å². The van der Waals surface area contributed by atoms with E-state index in [4.69, 9.17) is 0 Å². The predicted molar refractivity (Wildman–Crippen MR) is 86.5 cm³/mol. The number of nitrogens with zero attached hydrogens (tertiary/aromatic N) is 4. The Bertz CT molecular complexity index is 771. The van der Waals surface area contributed by atoms with Gasteiger partial charge in [0.1, 0.15) is 5.69 Å². The molecule has 7 heteroatoms. The monoisotopic (exact) mass is 315 g/mol. The minimum atomic E-state index is -0.298. The van der Waals surface area contributed by atoms with Crippen molar-refractivity contribution in [3.05, 3.63) is 40.3 Å². The van der Waals surface area contributed by atoms with Gasteiger partial charge in [-0.05, 0) is 19.8 Å². The van der Waals surface area contributed by atoms with Crippen LogP contribution in [-0.4, -0.2) is 25.2 Å². The van der Waals surface area contributed by atoms with Crippen molar-refractivity contribution in [2.45, 2.75) is 45.1 Å². The molecule has 7 nitrogen and oxygen atoms in total. The topological polar surface area (TPSA) is 81.8 Å². The molecule has 0 aromatic carbocycles. The van der Waals surface area contributed by atoms with E-state index in [1.54, 1.807) is 10.9 Å². The molecule has 122 valence electrons. The zero-order valence-electron chi connectivity index (χ0n) is 13.5. The molecule has 3 rings (SSSR count). The van der Waals surface area contributed by atoms with E-state index in [0.29, 0.717) is 18.0 Å². The Labute approximate surface area is 134 Å². The molecule has 0 unspecified atom stereocenters. The molecular weight excluding hydrogens is 294 g/mol. The van der Waals surface area contributed by atoms with Crippen LogP contribution in [0, 0.1) is 0 Å². The van der Waals surface area contributed by atoms with Crippen LogP contribution in [0.5, 0.6) is 0 Å². The van der Waals surface area contributed by atoms with E-state index in [2.05, 4.69) is 15.4 Å². The lowest BCUT2D eigenvalue weighted by Crippen LogP contribution is -2.26. The van der Waals surface area contributed by atoms with E-state index < -0.39 is 0 Å². The Morgan fingerprint density at radius 2 is 2.13 bits per heavy atom. The summed E-state index contributed by atoms with van der Waals surface area (Å²) in [7, 11) is 1.81.